The van der Waals surface area contributed by atoms with Gasteiger partial charge in [-0.15, -0.1) is 0 Å². The van der Waals surface area contributed by atoms with Crippen LogP contribution in [-0.4, -0.2) is 60.9 Å². The molecule has 4 rings (SSSR count). The molecule has 0 bridgehead atoms. The predicted octanol–water partition coefficient (Wildman–Crippen LogP) is 0.873. The van der Waals surface area contributed by atoms with E-state index in [9.17, 15) is 14.7 Å². The van der Waals surface area contributed by atoms with E-state index in [1.165, 1.54) is 4.90 Å². The summed E-state index contributed by atoms with van der Waals surface area (Å²) in [5.41, 5.74) is 1.04. The van der Waals surface area contributed by atoms with E-state index >= 15 is 0 Å². The molecule has 1 saturated carbocycles. The summed E-state index contributed by atoms with van der Waals surface area (Å²) in [7, 11) is 0. The number of hydrogen-bond donors (Lipinski definition) is 1. The van der Waals surface area contributed by atoms with E-state index in [4.69, 9.17) is 14.2 Å². The van der Waals surface area contributed by atoms with Crippen molar-refractivity contribution in [3.63, 3.8) is 0 Å². The van der Waals surface area contributed by atoms with Gasteiger partial charge in [0.15, 0.2) is 17.5 Å². The number of rotatable bonds is 3. The number of morpholine rings is 1. The summed E-state index contributed by atoms with van der Waals surface area (Å²) in [6.45, 7) is 1.85. The lowest BCUT2D eigenvalue weighted by molar-refractivity contribution is -0.158. The van der Waals surface area contributed by atoms with Gasteiger partial charge in [-0.25, -0.2) is 4.79 Å². The van der Waals surface area contributed by atoms with Crippen LogP contribution in [0, 0.1) is 5.92 Å². The first-order valence-electron chi connectivity index (χ1n) is 8.15. The Kier molecular flexibility index (Phi) is 3.80. The van der Waals surface area contributed by atoms with E-state index in [0.29, 0.717) is 32.1 Å². The molecule has 1 aromatic carbocycles. The molecule has 24 heavy (non-hydrogen) atoms. The number of nitrogens with zero attached hydrogens (tertiary/aromatic N) is 1. The van der Waals surface area contributed by atoms with Gasteiger partial charge in [-0.1, -0.05) is 6.07 Å². The molecule has 7 nitrogen and oxygen atoms in total. The highest BCUT2D eigenvalue weighted by atomic mass is 16.6. The number of benzene rings is 1. The summed E-state index contributed by atoms with van der Waals surface area (Å²) in [4.78, 5) is 25.5. The summed E-state index contributed by atoms with van der Waals surface area (Å²) in [5, 5.41) is 9.27. The van der Waals surface area contributed by atoms with Crippen LogP contribution >= 0.6 is 0 Å². The molecule has 0 unspecified atom stereocenters. The minimum absolute atomic E-state index is 0.0580. The highest BCUT2D eigenvalue weighted by Crippen LogP contribution is 2.50. The lowest BCUT2D eigenvalue weighted by Crippen LogP contribution is -2.53. The number of fused-ring (bicyclic) bond motifs is 1. The fraction of sp³-hybridized carbons (Fsp3) is 0.529. The Morgan fingerprint density at radius 1 is 1.12 bits per heavy atom. The summed E-state index contributed by atoms with van der Waals surface area (Å²) >= 11 is 0. The predicted molar refractivity (Wildman–Crippen MR) is 82.2 cm³/mol. The fourth-order valence-corrected chi connectivity index (χ4v) is 3.41. The highest BCUT2D eigenvalue weighted by molar-refractivity contribution is 5.88. The van der Waals surface area contributed by atoms with Gasteiger partial charge < -0.3 is 24.2 Å². The number of carboxylic acid groups (broad SMARTS) is 1. The first-order chi connectivity index (χ1) is 11.6. The average Bonchev–Trinajstić information content (AvgIpc) is 3.41. The minimum atomic E-state index is -1.01. The average molecular weight is 333 g/mol. The Labute approximate surface area is 139 Å². The number of amides is 1. The van der Waals surface area contributed by atoms with Gasteiger partial charge in [0.2, 0.25) is 5.91 Å². The molecule has 7 heteroatoms. The van der Waals surface area contributed by atoms with Gasteiger partial charge >= 0.3 is 5.97 Å². The van der Waals surface area contributed by atoms with E-state index in [1.807, 2.05) is 18.2 Å². The van der Waals surface area contributed by atoms with E-state index < -0.39 is 12.0 Å². The topological polar surface area (TPSA) is 85.3 Å². The first kappa shape index (κ1) is 15.3. The summed E-state index contributed by atoms with van der Waals surface area (Å²) in [6, 6.07) is 4.88. The van der Waals surface area contributed by atoms with Gasteiger partial charge in [-0.3, -0.25) is 4.79 Å². The largest absolute Gasteiger partial charge is 0.486 e. The molecule has 1 amide bonds. The van der Waals surface area contributed by atoms with Crippen LogP contribution in [0.25, 0.3) is 0 Å². The zero-order valence-corrected chi connectivity index (χ0v) is 13.1. The second kappa shape index (κ2) is 5.98. The number of hydrogen-bond acceptors (Lipinski definition) is 5. The van der Waals surface area contributed by atoms with Gasteiger partial charge in [-0.05, 0) is 30.0 Å². The van der Waals surface area contributed by atoms with Crippen LogP contribution in [-0.2, 0) is 14.3 Å². The van der Waals surface area contributed by atoms with Crippen LogP contribution in [0.2, 0.25) is 0 Å². The highest BCUT2D eigenvalue weighted by Gasteiger charge is 2.48. The SMILES string of the molecule is O=C(O)[C@@H]1COCCN1C(=O)[C@H]1C[C@H]1c1ccc2c(c1)OCCO2. The van der Waals surface area contributed by atoms with E-state index in [0.717, 1.165) is 17.7 Å². The van der Waals surface area contributed by atoms with Gasteiger partial charge in [0.1, 0.15) is 13.2 Å². The number of aliphatic carboxylic acids is 1. The van der Waals surface area contributed by atoms with Crippen LogP contribution in [0.3, 0.4) is 0 Å². The van der Waals surface area contributed by atoms with E-state index in [2.05, 4.69) is 0 Å². The minimum Gasteiger partial charge on any atom is -0.486 e. The number of carboxylic acids is 1. The van der Waals surface area contributed by atoms with Gasteiger partial charge in [0.05, 0.1) is 13.2 Å². The maximum absolute atomic E-state index is 12.7. The second-order valence-corrected chi connectivity index (χ2v) is 6.31. The Balaban J connectivity index is 1.47. The quantitative estimate of drug-likeness (QED) is 0.884. The number of carbonyl (C=O) groups excluding carboxylic acids is 1. The molecule has 1 saturated heterocycles. The van der Waals surface area contributed by atoms with Crippen LogP contribution in [0.15, 0.2) is 18.2 Å². The summed E-state index contributed by atoms with van der Waals surface area (Å²) < 4.78 is 16.3. The van der Waals surface area contributed by atoms with Crippen molar-refractivity contribution in [2.75, 3.05) is 33.0 Å². The monoisotopic (exact) mass is 333 g/mol. The third-order valence-electron chi connectivity index (χ3n) is 4.80. The van der Waals surface area contributed by atoms with Crippen molar-refractivity contribution in [3.8, 4) is 11.5 Å². The zero-order valence-electron chi connectivity index (χ0n) is 13.1. The molecular formula is C17H19NO6. The van der Waals surface area contributed by atoms with Crippen molar-refractivity contribution >= 4 is 11.9 Å². The molecule has 1 N–H and O–H groups in total. The van der Waals surface area contributed by atoms with Gasteiger partial charge in [0.25, 0.3) is 0 Å². The molecule has 2 heterocycles. The van der Waals surface area contributed by atoms with E-state index in [-0.39, 0.29) is 24.3 Å². The van der Waals surface area contributed by atoms with E-state index in [1.54, 1.807) is 0 Å². The number of carbonyl (C=O) groups is 2. The standard InChI is InChI=1S/C17H19NO6/c19-16(18-3-4-22-9-13(18)17(20)21)12-8-11(12)10-1-2-14-15(7-10)24-6-5-23-14/h1-2,7,11-13H,3-6,8-9H2,(H,20,21)/t11-,12-,13-/m0/s1. The molecule has 1 aliphatic carbocycles. The maximum atomic E-state index is 12.7. The molecule has 128 valence electrons. The summed E-state index contributed by atoms with van der Waals surface area (Å²) in [6.07, 6.45) is 0.738. The maximum Gasteiger partial charge on any atom is 0.328 e. The molecule has 1 aromatic rings. The number of ether oxygens (including phenoxy) is 3. The summed E-state index contributed by atoms with van der Waals surface area (Å²) in [5.74, 6) is 0.294. The van der Waals surface area contributed by atoms with Crippen LogP contribution in [0.4, 0.5) is 0 Å². The van der Waals surface area contributed by atoms with Crippen LogP contribution in [0.1, 0.15) is 17.9 Å². The van der Waals surface area contributed by atoms with Gasteiger partial charge in [0, 0.05) is 12.5 Å². The first-order valence-corrected chi connectivity index (χ1v) is 8.15. The molecule has 3 atom stereocenters. The Hall–Kier alpha value is -2.28. The van der Waals surface area contributed by atoms with Crippen molar-refractivity contribution < 1.29 is 28.9 Å². The normalized spacial score (nSPS) is 28.3. The Morgan fingerprint density at radius 3 is 2.71 bits per heavy atom. The fourth-order valence-electron chi connectivity index (χ4n) is 3.41. The molecule has 2 aliphatic heterocycles. The van der Waals surface area contributed by atoms with Crippen molar-refractivity contribution in [1.82, 2.24) is 4.90 Å². The van der Waals surface area contributed by atoms with Crippen LogP contribution < -0.4 is 9.47 Å². The molecule has 3 aliphatic rings. The van der Waals surface area contributed by atoms with Crippen molar-refractivity contribution in [2.45, 2.75) is 18.4 Å². The molecule has 0 radical (unpaired) electrons. The van der Waals surface area contributed by atoms with Crippen molar-refractivity contribution in [1.29, 1.82) is 0 Å². The Morgan fingerprint density at radius 2 is 1.92 bits per heavy atom. The van der Waals surface area contributed by atoms with Crippen molar-refractivity contribution in [3.05, 3.63) is 23.8 Å². The third kappa shape index (κ3) is 2.69. The Bertz CT molecular complexity index is 675. The van der Waals surface area contributed by atoms with Crippen molar-refractivity contribution in [2.24, 2.45) is 5.92 Å². The second-order valence-electron chi connectivity index (χ2n) is 6.31. The molecule has 2 fully saturated rings. The van der Waals surface area contributed by atoms with Gasteiger partial charge in [-0.2, -0.15) is 0 Å². The smallest absolute Gasteiger partial charge is 0.328 e. The molecular weight excluding hydrogens is 314 g/mol. The zero-order chi connectivity index (χ0) is 16.7. The molecule has 0 aromatic heterocycles. The molecule has 0 spiro atoms. The lowest BCUT2D eigenvalue weighted by atomic mass is 10.1. The third-order valence-corrected chi connectivity index (χ3v) is 4.80. The lowest BCUT2D eigenvalue weighted by Gasteiger charge is -2.33. The van der Waals surface area contributed by atoms with Crippen LogP contribution in [0.5, 0.6) is 11.5 Å².